The number of nitrogens with one attached hydrogen (secondary N) is 1. The predicted octanol–water partition coefficient (Wildman–Crippen LogP) is 7.75. The van der Waals surface area contributed by atoms with Gasteiger partial charge in [0.25, 0.3) is 5.91 Å². The van der Waals surface area contributed by atoms with Crippen LogP contribution in [0.3, 0.4) is 0 Å². The Morgan fingerprint density at radius 1 is 0.867 bits per heavy atom. The Kier molecular flexibility index (Phi) is 13.8. The molecule has 1 aromatic carbocycles. The molecule has 1 amide bonds. The molecule has 0 aliphatic heterocycles. The zero-order valence-corrected chi connectivity index (χ0v) is 22.1. The van der Waals surface area contributed by atoms with E-state index in [0.717, 1.165) is 5.69 Å². The minimum atomic E-state index is -1.08. The molecule has 1 N–H and O–H groups in total. The molecule has 0 spiro atoms. The molecule has 0 radical (unpaired) electrons. The number of carbonyl (C=O) groups is 1. The summed E-state index contributed by atoms with van der Waals surface area (Å²) in [4.78, 5) is 11.7. The van der Waals surface area contributed by atoms with Crippen LogP contribution in [0.1, 0.15) is 71.1 Å². The fourth-order valence-corrected chi connectivity index (χ4v) is 6.75. The molecule has 0 bridgehead atoms. The molecule has 170 valence electrons. The highest BCUT2D eigenvalue weighted by Crippen LogP contribution is 2.50. The first-order valence-electron chi connectivity index (χ1n) is 11.8. The number of unbranched alkanes of at least 4 members (excludes halogenated alkanes) is 9. The summed E-state index contributed by atoms with van der Waals surface area (Å²) in [6.45, 7) is 15.1. The Morgan fingerprint density at radius 3 is 1.80 bits per heavy atom. The summed E-state index contributed by atoms with van der Waals surface area (Å²) in [6.07, 6.45) is 16.9. The van der Waals surface area contributed by atoms with Crippen molar-refractivity contribution in [2.75, 3.05) is 44.3 Å². The molecule has 0 aromatic heterocycles. The Labute approximate surface area is 188 Å². The normalized spacial score (nSPS) is 11.7. The fraction of sp³-hybridized carbons (Fsp3) is 0.654. The Morgan fingerprint density at radius 2 is 1.33 bits per heavy atom. The van der Waals surface area contributed by atoms with E-state index in [4.69, 9.17) is 0 Å². The van der Waals surface area contributed by atoms with Crippen molar-refractivity contribution in [3.63, 3.8) is 0 Å². The van der Waals surface area contributed by atoms with E-state index in [1.54, 1.807) is 6.92 Å². The van der Waals surface area contributed by atoms with Crippen molar-refractivity contribution in [2.24, 2.45) is 0 Å². The van der Waals surface area contributed by atoms with Gasteiger partial charge in [-0.25, -0.2) is 0 Å². The smallest absolute Gasteiger partial charge is 0.250 e. The zero-order chi connectivity index (χ0) is 22.4. The topological polar surface area (TPSA) is 29.1 Å². The van der Waals surface area contributed by atoms with Crippen LogP contribution >= 0.6 is 15.2 Å². The first-order valence-corrected chi connectivity index (χ1v) is 17.1. The van der Waals surface area contributed by atoms with Crippen LogP contribution in [-0.4, -0.2) is 44.9 Å². The van der Waals surface area contributed by atoms with Crippen LogP contribution in [0.2, 0.25) is 0 Å². The van der Waals surface area contributed by atoms with Crippen LogP contribution in [-0.2, 0) is 4.79 Å². The van der Waals surface area contributed by atoms with E-state index >= 15 is 0 Å². The van der Waals surface area contributed by atoms with Crippen molar-refractivity contribution >= 4 is 32.1 Å². The first kappa shape index (κ1) is 27.3. The number of anilines is 1. The van der Waals surface area contributed by atoms with Crippen LogP contribution in [0.4, 0.5) is 5.69 Å². The van der Waals surface area contributed by atoms with Crippen LogP contribution < -0.4 is 10.6 Å². The van der Waals surface area contributed by atoms with Crippen molar-refractivity contribution in [1.82, 2.24) is 0 Å². The maximum Gasteiger partial charge on any atom is 0.250 e. The average molecular weight is 451 g/mol. The summed E-state index contributed by atoms with van der Waals surface area (Å²) < 4.78 is 0. The van der Waals surface area contributed by atoms with E-state index in [1.807, 2.05) is 12.1 Å². The second-order valence-electron chi connectivity index (χ2n) is 9.53. The minimum absolute atomic E-state index is 0.108. The van der Waals surface area contributed by atoms with Crippen LogP contribution in [0.15, 0.2) is 36.4 Å². The van der Waals surface area contributed by atoms with Crippen LogP contribution in [0.5, 0.6) is 0 Å². The molecule has 0 saturated heterocycles. The monoisotopic (exact) mass is 450 g/mol. The number of benzene rings is 1. The zero-order valence-electron chi connectivity index (χ0n) is 20.3. The van der Waals surface area contributed by atoms with Crippen molar-refractivity contribution in [3.8, 4) is 0 Å². The lowest BCUT2D eigenvalue weighted by atomic mass is 10.1. The second-order valence-corrected chi connectivity index (χ2v) is 16.5. The second kappa shape index (κ2) is 15.2. The van der Waals surface area contributed by atoms with E-state index < -0.39 is 7.26 Å². The Balaban J connectivity index is 2.14. The lowest BCUT2D eigenvalue weighted by molar-refractivity contribution is -0.112. The summed E-state index contributed by atoms with van der Waals surface area (Å²) in [5, 5.41) is 4.34. The number of amides is 1. The van der Waals surface area contributed by atoms with E-state index in [-0.39, 0.29) is 5.91 Å². The Hall–Kier alpha value is -0.710. The average Bonchev–Trinajstić information content (AvgIpc) is 2.68. The summed E-state index contributed by atoms with van der Waals surface area (Å²) in [5.41, 5.74) is 1.39. The quantitative estimate of drug-likeness (QED) is 0.156. The molecule has 2 nitrogen and oxygen atoms in total. The third-order valence-electron chi connectivity index (χ3n) is 5.78. The van der Waals surface area contributed by atoms with Gasteiger partial charge in [0.2, 0.25) is 0 Å². The maximum absolute atomic E-state index is 11.7. The fourth-order valence-electron chi connectivity index (χ4n) is 3.66. The standard InChI is InChI=1S/C26H45NOP2/c1-23(2)26(28)27-24-17-19-25(20-18-24)30(5,6)22-16-14-12-10-8-7-9-11-13-15-21-29(3)4/h17-20H,1,7-16,21-22H2,2-6H3/p+1. The van der Waals surface area contributed by atoms with Crippen molar-refractivity contribution in [2.45, 2.75) is 71.1 Å². The predicted molar refractivity (Wildman–Crippen MR) is 143 cm³/mol. The van der Waals surface area contributed by atoms with Gasteiger partial charge in [-0.15, -0.1) is 7.92 Å². The van der Waals surface area contributed by atoms with Gasteiger partial charge in [0.15, 0.2) is 0 Å². The molecule has 0 unspecified atom stereocenters. The highest BCUT2D eigenvalue weighted by molar-refractivity contribution is 7.81. The molecule has 0 aliphatic rings. The molecule has 0 fully saturated rings. The van der Waals surface area contributed by atoms with Gasteiger partial charge in [0, 0.05) is 18.5 Å². The number of hydrogen-bond donors (Lipinski definition) is 1. The summed E-state index contributed by atoms with van der Waals surface area (Å²) >= 11 is 0. The van der Waals surface area contributed by atoms with Gasteiger partial charge in [-0.2, -0.15) is 0 Å². The Bertz CT molecular complexity index is 622. The summed E-state index contributed by atoms with van der Waals surface area (Å²) in [7, 11) is -0.764. The van der Waals surface area contributed by atoms with Gasteiger partial charge in [-0.3, -0.25) is 4.79 Å². The van der Waals surface area contributed by atoms with E-state index in [1.165, 1.54) is 81.8 Å². The molecule has 0 aliphatic carbocycles. The lowest BCUT2D eigenvalue weighted by Gasteiger charge is -2.18. The SMILES string of the molecule is C=C(C)C(=O)Nc1ccc([P+](C)(C)CCCCCCCCCCCCP(C)C)cc1. The summed E-state index contributed by atoms with van der Waals surface area (Å²) in [6, 6.07) is 8.46. The van der Waals surface area contributed by atoms with E-state index in [0.29, 0.717) is 13.5 Å². The molecule has 4 heteroatoms. The third-order valence-corrected chi connectivity index (χ3v) is 10.1. The van der Waals surface area contributed by atoms with Gasteiger partial charge in [0.05, 0.1) is 24.8 Å². The number of rotatable bonds is 16. The maximum atomic E-state index is 11.7. The van der Waals surface area contributed by atoms with E-state index in [2.05, 4.69) is 50.7 Å². The first-order chi connectivity index (χ1) is 14.2. The van der Waals surface area contributed by atoms with Crippen molar-refractivity contribution in [3.05, 3.63) is 36.4 Å². The van der Waals surface area contributed by atoms with Gasteiger partial charge in [-0.05, 0) is 69.9 Å². The van der Waals surface area contributed by atoms with Gasteiger partial charge in [0.1, 0.15) is 0 Å². The molecule has 1 rings (SSSR count). The highest BCUT2D eigenvalue weighted by atomic mass is 31.2. The molecule has 0 atom stereocenters. The van der Waals surface area contributed by atoms with Gasteiger partial charge < -0.3 is 5.32 Å². The molecule has 30 heavy (non-hydrogen) atoms. The number of hydrogen-bond acceptors (Lipinski definition) is 1. The highest BCUT2D eigenvalue weighted by Gasteiger charge is 2.27. The summed E-state index contributed by atoms with van der Waals surface area (Å²) in [5.74, 6) is -0.108. The molecular formula is C26H46NOP2+. The largest absolute Gasteiger partial charge is 0.322 e. The van der Waals surface area contributed by atoms with Gasteiger partial charge in [-0.1, -0.05) is 51.5 Å². The molecule has 1 aromatic rings. The minimum Gasteiger partial charge on any atom is -0.322 e. The molecule has 0 heterocycles. The molecular weight excluding hydrogens is 404 g/mol. The van der Waals surface area contributed by atoms with Crippen LogP contribution in [0.25, 0.3) is 0 Å². The van der Waals surface area contributed by atoms with Gasteiger partial charge >= 0.3 is 0 Å². The van der Waals surface area contributed by atoms with Crippen molar-refractivity contribution < 1.29 is 4.79 Å². The lowest BCUT2D eigenvalue weighted by Crippen LogP contribution is -2.15. The van der Waals surface area contributed by atoms with Crippen molar-refractivity contribution in [1.29, 1.82) is 0 Å². The van der Waals surface area contributed by atoms with E-state index in [9.17, 15) is 4.79 Å². The third kappa shape index (κ3) is 12.2. The van der Waals surface area contributed by atoms with Crippen LogP contribution in [0, 0.1) is 0 Å². The number of carbonyl (C=O) groups excluding carboxylic acids is 1. The molecule has 0 saturated carbocycles.